The number of carbonyl (C=O) groups is 1. The van der Waals surface area contributed by atoms with Gasteiger partial charge in [0.15, 0.2) is 0 Å². The molecule has 0 unspecified atom stereocenters. The van der Waals surface area contributed by atoms with E-state index < -0.39 is 10.0 Å². The molecule has 0 bridgehead atoms. The molecular weight excluding hydrogens is 436 g/mol. The molecule has 33 heavy (non-hydrogen) atoms. The van der Waals surface area contributed by atoms with Crippen LogP contribution in [0.2, 0.25) is 0 Å². The van der Waals surface area contributed by atoms with Crippen molar-refractivity contribution >= 4 is 21.6 Å². The van der Waals surface area contributed by atoms with E-state index in [0.29, 0.717) is 24.4 Å². The first-order chi connectivity index (χ1) is 15.8. The summed E-state index contributed by atoms with van der Waals surface area (Å²) >= 11 is 0. The average Bonchev–Trinajstić information content (AvgIpc) is 2.83. The summed E-state index contributed by atoms with van der Waals surface area (Å²) in [6.07, 6.45) is 2.15. The SMILES string of the molecule is CCCc1ccc(OCCNC(=O)c2ccc(N(C)S(=O)(=O)c3ccc(C)cc3)cc2)cc1. The summed E-state index contributed by atoms with van der Waals surface area (Å²) in [5, 5.41) is 2.82. The van der Waals surface area contributed by atoms with E-state index in [1.807, 2.05) is 19.1 Å². The van der Waals surface area contributed by atoms with Crippen molar-refractivity contribution in [1.82, 2.24) is 5.32 Å². The first kappa shape index (κ1) is 24.3. The van der Waals surface area contributed by atoms with Crippen molar-refractivity contribution in [3.8, 4) is 5.75 Å². The molecule has 0 heterocycles. The van der Waals surface area contributed by atoms with Crippen molar-refractivity contribution in [2.45, 2.75) is 31.6 Å². The fourth-order valence-electron chi connectivity index (χ4n) is 3.31. The summed E-state index contributed by atoms with van der Waals surface area (Å²) in [5.41, 5.74) is 3.19. The van der Waals surface area contributed by atoms with E-state index in [0.717, 1.165) is 24.2 Å². The minimum absolute atomic E-state index is 0.220. The van der Waals surface area contributed by atoms with Gasteiger partial charge in [-0.25, -0.2) is 8.42 Å². The number of sulfonamides is 1. The first-order valence-electron chi connectivity index (χ1n) is 11.0. The van der Waals surface area contributed by atoms with E-state index in [4.69, 9.17) is 4.74 Å². The Labute approximate surface area is 196 Å². The van der Waals surface area contributed by atoms with Crippen molar-refractivity contribution in [2.75, 3.05) is 24.5 Å². The maximum Gasteiger partial charge on any atom is 0.264 e. The van der Waals surface area contributed by atoms with Gasteiger partial charge in [-0.2, -0.15) is 0 Å². The highest BCUT2D eigenvalue weighted by Crippen LogP contribution is 2.22. The van der Waals surface area contributed by atoms with Crippen molar-refractivity contribution < 1.29 is 17.9 Å². The number of hydrogen-bond donors (Lipinski definition) is 1. The lowest BCUT2D eigenvalue weighted by Crippen LogP contribution is -2.28. The molecule has 0 aliphatic rings. The van der Waals surface area contributed by atoms with Crippen molar-refractivity contribution in [3.63, 3.8) is 0 Å². The standard InChI is InChI=1S/C26H30N2O4S/c1-4-5-21-8-14-24(15-9-21)32-19-18-27-26(29)22-10-12-23(13-11-22)28(3)33(30,31)25-16-6-20(2)7-17-25/h6-17H,4-5,18-19H2,1-3H3,(H,27,29). The number of anilines is 1. The Morgan fingerprint density at radius 1 is 0.939 bits per heavy atom. The van der Waals surface area contributed by atoms with Crippen LogP contribution < -0.4 is 14.4 Å². The van der Waals surface area contributed by atoms with Crippen LogP contribution in [0.25, 0.3) is 0 Å². The third-order valence-corrected chi connectivity index (χ3v) is 7.09. The molecule has 0 atom stereocenters. The van der Waals surface area contributed by atoms with Crippen molar-refractivity contribution in [3.05, 3.63) is 89.5 Å². The van der Waals surface area contributed by atoms with Crippen LogP contribution in [0.5, 0.6) is 5.75 Å². The van der Waals surface area contributed by atoms with Crippen LogP contribution in [0.4, 0.5) is 5.69 Å². The van der Waals surface area contributed by atoms with Crippen molar-refractivity contribution in [2.24, 2.45) is 0 Å². The molecule has 0 spiro atoms. The number of benzene rings is 3. The summed E-state index contributed by atoms with van der Waals surface area (Å²) in [6.45, 7) is 4.76. The van der Waals surface area contributed by atoms with Crippen LogP contribution in [-0.4, -0.2) is 34.5 Å². The molecule has 0 aliphatic heterocycles. The van der Waals surface area contributed by atoms with Gasteiger partial charge in [0.05, 0.1) is 17.1 Å². The molecule has 6 nitrogen and oxygen atoms in total. The largest absolute Gasteiger partial charge is 0.492 e. The molecule has 3 aromatic rings. The van der Waals surface area contributed by atoms with Gasteiger partial charge in [-0.3, -0.25) is 9.10 Å². The number of carbonyl (C=O) groups excluding carboxylic acids is 1. The molecule has 7 heteroatoms. The smallest absolute Gasteiger partial charge is 0.264 e. The van der Waals surface area contributed by atoms with Gasteiger partial charge in [-0.05, 0) is 67.4 Å². The minimum atomic E-state index is -3.68. The normalized spacial score (nSPS) is 11.1. The fourth-order valence-corrected chi connectivity index (χ4v) is 4.50. The van der Waals surface area contributed by atoms with Gasteiger partial charge in [0.1, 0.15) is 12.4 Å². The van der Waals surface area contributed by atoms with Crippen LogP contribution in [0.3, 0.4) is 0 Å². The van der Waals surface area contributed by atoms with E-state index in [1.165, 1.54) is 16.9 Å². The molecule has 0 saturated carbocycles. The third-order valence-electron chi connectivity index (χ3n) is 5.29. The Morgan fingerprint density at radius 2 is 1.58 bits per heavy atom. The van der Waals surface area contributed by atoms with E-state index in [1.54, 1.807) is 48.5 Å². The highest BCUT2D eigenvalue weighted by Gasteiger charge is 2.21. The number of aryl methyl sites for hydroxylation is 2. The first-order valence-corrected chi connectivity index (χ1v) is 12.4. The van der Waals surface area contributed by atoms with Crippen LogP contribution >= 0.6 is 0 Å². The Morgan fingerprint density at radius 3 is 2.18 bits per heavy atom. The third kappa shape index (κ3) is 6.35. The van der Waals surface area contributed by atoms with Crippen LogP contribution in [-0.2, 0) is 16.4 Å². The Kier molecular flexibility index (Phi) is 8.11. The molecular formula is C26H30N2O4S. The molecule has 1 amide bonds. The quantitative estimate of drug-likeness (QED) is 0.444. The van der Waals surface area contributed by atoms with Crippen LogP contribution in [0.1, 0.15) is 34.8 Å². The molecule has 0 aromatic heterocycles. The van der Waals surface area contributed by atoms with Gasteiger partial charge in [0, 0.05) is 12.6 Å². The van der Waals surface area contributed by atoms with Gasteiger partial charge in [-0.15, -0.1) is 0 Å². The number of ether oxygens (including phenoxy) is 1. The zero-order chi connectivity index (χ0) is 23.8. The van der Waals surface area contributed by atoms with E-state index in [9.17, 15) is 13.2 Å². The fraction of sp³-hybridized carbons (Fsp3) is 0.269. The highest BCUT2D eigenvalue weighted by atomic mass is 32.2. The number of nitrogens with zero attached hydrogens (tertiary/aromatic N) is 1. The van der Waals surface area contributed by atoms with Gasteiger partial charge in [0.25, 0.3) is 15.9 Å². The summed E-state index contributed by atoms with van der Waals surface area (Å²) in [4.78, 5) is 12.6. The average molecular weight is 467 g/mol. The zero-order valence-electron chi connectivity index (χ0n) is 19.2. The Bertz CT molecular complexity index is 1160. The molecule has 3 rings (SSSR count). The maximum absolute atomic E-state index is 12.8. The summed E-state index contributed by atoms with van der Waals surface area (Å²) in [5.74, 6) is 0.527. The molecule has 0 fully saturated rings. The van der Waals surface area contributed by atoms with E-state index >= 15 is 0 Å². The predicted octanol–water partition coefficient (Wildman–Crippen LogP) is 4.58. The zero-order valence-corrected chi connectivity index (χ0v) is 20.1. The summed E-state index contributed by atoms with van der Waals surface area (Å²) in [6, 6.07) is 21.1. The van der Waals surface area contributed by atoms with E-state index in [2.05, 4.69) is 24.4 Å². The van der Waals surface area contributed by atoms with E-state index in [-0.39, 0.29) is 10.8 Å². The molecule has 0 saturated heterocycles. The lowest BCUT2D eigenvalue weighted by Gasteiger charge is -2.20. The van der Waals surface area contributed by atoms with Gasteiger partial charge in [0.2, 0.25) is 0 Å². The number of rotatable bonds is 10. The second-order valence-electron chi connectivity index (χ2n) is 7.83. The second kappa shape index (κ2) is 11.0. The van der Waals surface area contributed by atoms with Gasteiger partial charge < -0.3 is 10.1 Å². The second-order valence-corrected chi connectivity index (χ2v) is 9.80. The van der Waals surface area contributed by atoms with Crippen LogP contribution in [0.15, 0.2) is 77.7 Å². The minimum Gasteiger partial charge on any atom is -0.492 e. The number of nitrogens with one attached hydrogen (secondary N) is 1. The Balaban J connectivity index is 1.52. The maximum atomic E-state index is 12.8. The molecule has 3 aromatic carbocycles. The Hall–Kier alpha value is -3.32. The predicted molar refractivity (Wildman–Crippen MR) is 131 cm³/mol. The molecule has 0 aliphatic carbocycles. The number of hydrogen-bond acceptors (Lipinski definition) is 4. The lowest BCUT2D eigenvalue weighted by atomic mass is 10.1. The summed E-state index contributed by atoms with van der Waals surface area (Å²) < 4.78 is 32.6. The molecule has 1 N–H and O–H groups in total. The van der Waals surface area contributed by atoms with Crippen molar-refractivity contribution in [1.29, 1.82) is 0 Å². The lowest BCUT2D eigenvalue weighted by molar-refractivity contribution is 0.0947. The van der Waals surface area contributed by atoms with Gasteiger partial charge in [-0.1, -0.05) is 43.2 Å². The highest BCUT2D eigenvalue weighted by molar-refractivity contribution is 7.92. The molecule has 0 radical (unpaired) electrons. The molecule has 174 valence electrons. The topological polar surface area (TPSA) is 75.7 Å². The van der Waals surface area contributed by atoms with Gasteiger partial charge >= 0.3 is 0 Å². The summed E-state index contributed by atoms with van der Waals surface area (Å²) in [7, 11) is -2.18. The number of amides is 1. The monoisotopic (exact) mass is 466 g/mol. The van der Waals surface area contributed by atoms with Crippen LogP contribution in [0, 0.1) is 6.92 Å².